The minimum Gasteiger partial charge on any atom is -0.451 e. The maximum atomic E-state index is 14.2. The van der Waals surface area contributed by atoms with Gasteiger partial charge >= 0.3 is 5.97 Å². The molecule has 0 saturated carbocycles. The second kappa shape index (κ2) is 12.3. The van der Waals surface area contributed by atoms with Gasteiger partial charge in [-0.2, -0.15) is 11.8 Å². The zero-order valence-electron chi connectivity index (χ0n) is 21.4. The van der Waals surface area contributed by atoms with E-state index in [0.717, 1.165) is 11.1 Å². The normalized spacial score (nSPS) is 23.1. The van der Waals surface area contributed by atoms with Crippen LogP contribution in [0.15, 0.2) is 81.5 Å². The molecule has 40 heavy (non-hydrogen) atoms. The van der Waals surface area contributed by atoms with E-state index in [0.29, 0.717) is 10.9 Å². The molecule has 0 N–H and O–H groups in total. The maximum absolute atomic E-state index is 14.2. The van der Waals surface area contributed by atoms with E-state index in [1.807, 2.05) is 66.9 Å². The first-order chi connectivity index (χ1) is 19.3. The number of β-lactam (4-membered cyclic amide) rings is 1. The van der Waals surface area contributed by atoms with Crippen molar-refractivity contribution in [1.82, 2.24) is 25.1 Å². The number of nitrogens with zero attached hydrogens (tertiary/aromatic N) is 6. The molecule has 10 nitrogen and oxygen atoms in total. The van der Waals surface area contributed by atoms with Crippen molar-refractivity contribution >= 4 is 64.3 Å². The van der Waals surface area contributed by atoms with Gasteiger partial charge in [-0.1, -0.05) is 95.6 Å². The van der Waals surface area contributed by atoms with Crippen molar-refractivity contribution in [1.29, 1.82) is 0 Å². The molecule has 0 bridgehead atoms. The SMILES string of the molecule is CS[C@]1(CSc2nnnn2C)CO[C@@H]2C(=NC=C(Cl)Cl)C(=O)N2[C@H]1C(=O)OC(c1ccccc1)c1ccccc1. The van der Waals surface area contributed by atoms with E-state index in [9.17, 15) is 9.59 Å². The minimum atomic E-state index is -0.994. The number of amides is 1. The molecule has 14 heteroatoms. The second-order valence-electron chi connectivity index (χ2n) is 8.99. The van der Waals surface area contributed by atoms with E-state index >= 15 is 0 Å². The van der Waals surface area contributed by atoms with Gasteiger partial charge in [0, 0.05) is 12.8 Å². The third kappa shape index (κ3) is 5.64. The molecule has 2 aliphatic heterocycles. The number of ether oxygens (including phenoxy) is 2. The molecule has 0 radical (unpaired) electrons. The van der Waals surface area contributed by atoms with Crippen LogP contribution in [-0.4, -0.2) is 78.3 Å². The lowest BCUT2D eigenvalue weighted by Gasteiger charge is -2.55. The summed E-state index contributed by atoms with van der Waals surface area (Å²) in [7, 11) is 1.73. The average Bonchev–Trinajstić information content (AvgIpc) is 3.39. The summed E-state index contributed by atoms with van der Waals surface area (Å²) in [4.78, 5) is 33.1. The van der Waals surface area contributed by atoms with E-state index in [-0.39, 0.29) is 16.8 Å². The lowest BCUT2D eigenvalue weighted by molar-refractivity contribution is -0.184. The molecular weight excluding hydrogens is 595 g/mol. The highest BCUT2D eigenvalue weighted by molar-refractivity contribution is 8.03. The topological polar surface area (TPSA) is 112 Å². The van der Waals surface area contributed by atoms with E-state index in [2.05, 4.69) is 20.5 Å². The summed E-state index contributed by atoms with van der Waals surface area (Å²) in [6.07, 6.45) is 1.51. The van der Waals surface area contributed by atoms with Crippen LogP contribution in [0.3, 0.4) is 0 Å². The number of fused-ring (bicyclic) bond motifs is 1. The summed E-state index contributed by atoms with van der Waals surface area (Å²) in [5, 5.41) is 12.2. The molecule has 3 atom stereocenters. The van der Waals surface area contributed by atoms with Gasteiger partial charge in [-0.25, -0.2) is 14.5 Å². The van der Waals surface area contributed by atoms with Gasteiger partial charge in [0.05, 0.1) is 17.6 Å². The minimum absolute atomic E-state index is 0.105. The Bertz CT molecular complexity index is 1400. The van der Waals surface area contributed by atoms with Crippen molar-refractivity contribution in [3.8, 4) is 0 Å². The summed E-state index contributed by atoms with van der Waals surface area (Å²) in [5.74, 6) is -0.660. The first kappa shape index (κ1) is 28.6. The molecule has 0 spiro atoms. The Morgan fingerprint density at radius 1 is 1.20 bits per heavy atom. The molecule has 2 aromatic carbocycles. The van der Waals surface area contributed by atoms with Crippen LogP contribution in [0.4, 0.5) is 0 Å². The Morgan fingerprint density at radius 2 is 1.85 bits per heavy atom. The Balaban J connectivity index is 1.51. The first-order valence-electron chi connectivity index (χ1n) is 12.1. The molecule has 5 rings (SSSR count). The smallest absolute Gasteiger partial charge is 0.331 e. The van der Waals surface area contributed by atoms with E-state index in [1.54, 1.807) is 11.7 Å². The fourth-order valence-corrected chi connectivity index (χ4v) is 6.88. The number of rotatable bonds is 9. The lowest BCUT2D eigenvalue weighted by Crippen LogP contribution is -2.77. The zero-order chi connectivity index (χ0) is 28.3. The van der Waals surface area contributed by atoms with Crippen molar-refractivity contribution in [2.24, 2.45) is 12.0 Å². The molecule has 3 heterocycles. The van der Waals surface area contributed by atoms with Gasteiger partial charge in [0.25, 0.3) is 5.91 Å². The van der Waals surface area contributed by atoms with Crippen LogP contribution in [0.2, 0.25) is 0 Å². The third-order valence-corrected chi connectivity index (χ3v) is 9.54. The largest absolute Gasteiger partial charge is 0.451 e. The van der Waals surface area contributed by atoms with Crippen LogP contribution in [0, 0.1) is 0 Å². The number of hydrogen-bond donors (Lipinski definition) is 0. The Kier molecular flexibility index (Phi) is 8.81. The molecule has 1 aromatic heterocycles. The number of halogens is 2. The summed E-state index contributed by atoms with van der Waals surface area (Å²) in [6, 6.07) is 18.0. The lowest BCUT2D eigenvalue weighted by atomic mass is 9.91. The summed E-state index contributed by atoms with van der Waals surface area (Å²) >= 11 is 14.2. The van der Waals surface area contributed by atoms with Crippen molar-refractivity contribution < 1.29 is 19.1 Å². The molecular formula is C26H24Cl2N6O4S2. The number of esters is 1. The van der Waals surface area contributed by atoms with Crippen molar-refractivity contribution in [3.63, 3.8) is 0 Å². The number of thioether (sulfide) groups is 2. The maximum Gasteiger partial charge on any atom is 0.331 e. The first-order valence-corrected chi connectivity index (χ1v) is 15.0. The van der Waals surface area contributed by atoms with E-state index < -0.39 is 35.0 Å². The van der Waals surface area contributed by atoms with Crippen molar-refractivity contribution in [2.45, 2.75) is 28.3 Å². The Labute approximate surface area is 249 Å². The second-order valence-corrected chi connectivity index (χ2v) is 12.2. The highest BCUT2D eigenvalue weighted by Gasteiger charge is 2.62. The van der Waals surface area contributed by atoms with Crippen LogP contribution in [0.25, 0.3) is 0 Å². The van der Waals surface area contributed by atoms with Crippen LogP contribution >= 0.6 is 46.7 Å². The quantitative estimate of drug-likeness (QED) is 0.199. The van der Waals surface area contributed by atoms with Gasteiger partial charge in [-0.3, -0.25) is 9.69 Å². The highest BCUT2D eigenvalue weighted by Crippen LogP contribution is 2.44. The average molecular weight is 620 g/mol. The van der Waals surface area contributed by atoms with Crippen LogP contribution < -0.4 is 0 Å². The number of tetrazole rings is 1. The summed E-state index contributed by atoms with van der Waals surface area (Å²) in [5.41, 5.74) is 1.72. The molecule has 2 fully saturated rings. The molecule has 2 aliphatic rings. The van der Waals surface area contributed by atoms with Gasteiger partial charge in [-0.15, -0.1) is 5.10 Å². The predicted molar refractivity (Wildman–Crippen MR) is 154 cm³/mol. The van der Waals surface area contributed by atoms with Gasteiger partial charge in [-0.05, 0) is 27.8 Å². The number of aromatic nitrogens is 4. The number of aryl methyl sites for hydroxylation is 1. The fourth-order valence-electron chi connectivity index (χ4n) is 4.59. The number of benzene rings is 2. The number of carbonyl (C=O) groups is 2. The van der Waals surface area contributed by atoms with Gasteiger partial charge in [0.2, 0.25) is 5.16 Å². The number of hydrogen-bond acceptors (Lipinski definition) is 10. The number of aliphatic imine (C=N–C) groups is 1. The van der Waals surface area contributed by atoms with Gasteiger partial charge < -0.3 is 9.47 Å². The number of carbonyl (C=O) groups excluding carboxylic acids is 2. The Morgan fingerprint density at radius 3 is 2.40 bits per heavy atom. The van der Waals surface area contributed by atoms with Crippen molar-refractivity contribution in [2.75, 3.05) is 18.6 Å². The van der Waals surface area contributed by atoms with Gasteiger partial charge in [0.15, 0.2) is 24.1 Å². The molecule has 208 valence electrons. The molecule has 0 unspecified atom stereocenters. The Hall–Kier alpha value is -2.90. The third-order valence-electron chi connectivity index (χ3n) is 6.60. The molecule has 1 amide bonds. The van der Waals surface area contributed by atoms with Crippen molar-refractivity contribution in [3.05, 3.63) is 82.5 Å². The fraction of sp³-hybridized carbons (Fsp3) is 0.308. The summed E-state index contributed by atoms with van der Waals surface area (Å²) in [6.45, 7) is 0.138. The monoisotopic (exact) mass is 618 g/mol. The van der Waals surface area contributed by atoms with Crippen LogP contribution in [-0.2, 0) is 26.1 Å². The van der Waals surface area contributed by atoms with E-state index in [1.165, 1.54) is 34.6 Å². The van der Waals surface area contributed by atoms with Crippen LogP contribution in [0.1, 0.15) is 17.2 Å². The predicted octanol–water partition coefficient (Wildman–Crippen LogP) is 4.02. The molecule has 2 saturated heterocycles. The van der Waals surface area contributed by atoms with E-state index in [4.69, 9.17) is 32.7 Å². The molecule has 3 aromatic rings. The standard InChI is InChI=1S/C26H24Cl2N6O4S2/c1-33-25(30-31-32-33)40-15-26(39-2)14-37-23-19(29-13-18(27)28)22(35)34(23)21(26)24(36)38-20(16-9-5-3-6-10-16)17-11-7-4-8-12-17/h3-13,20-21,23H,14-15H2,1-2H3/t21-,23+,26-/m0/s1. The summed E-state index contributed by atoms with van der Waals surface area (Å²) < 4.78 is 12.9. The van der Waals surface area contributed by atoms with Crippen LogP contribution in [0.5, 0.6) is 0 Å². The zero-order valence-corrected chi connectivity index (χ0v) is 24.5. The van der Waals surface area contributed by atoms with Gasteiger partial charge in [0.1, 0.15) is 4.49 Å². The highest BCUT2D eigenvalue weighted by atomic mass is 35.5. The molecule has 0 aliphatic carbocycles.